The van der Waals surface area contributed by atoms with E-state index < -0.39 is 0 Å². The second kappa shape index (κ2) is 6.47. The lowest BCUT2D eigenvalue weighted by Gasteiger charge is -2.20. The van der Waals surface area contributed by atoms with Gasteiger partial charge in [0.05, 0.1) is 13.2 Å². The minimum absolute atomic E-state index is 0.0772. The standard InChI is InChI=1S/C15H20N2O3/c1-4-6-12-8-9-14(18)17(12)10-5-7-13-16-11(2)15(19-3)20-13/h12H,5,7-10H2,1-3H3/t12-/m0/s1. The van der Waals surface area contributed by atoms with E-state index in [-0.39, 0.29) is 11.9 Å². The number of aromatic nitrogens is 1. The molecule has 0 aromatic carbocycles. The minimum atomic E-state index is 0.0772. The molecule has 1 atom stereocenters. The number of hydrogen-bond acceptors (Lipinski definition) is 4. The first kappa shape index (κ1) is 14.4. The second-order valence-corrected chi connectivity index (χ2v) is 4.82. The van der Waals surface area contributed by atoms with Crippen LogP contribution in [0, 0.1) is 18.8 Å². The first-order valence-corrected chi connectivity index (χ1v) is 6.87. The van der Waals surface area contributed by atoms with E-state index in [0.29, 0.717) is 31.2 Å². The van der Waals surface area contributed by atoms with Gasteiger partial charge < -0.3 is 14.1 Å². The topological polar surface area (TPSA) is 55.6 Å². The Bertz CT molecular complexity index is 539. The minimum Gasteiger partial charge on any atom is -0.467 e. The third-order valence-electron chi connectivity index (χ3n) is 3.41. The summed E-state index contributed by atoms with van der Waals surface area (Å²) in [6, 6.07) is 0.0772. The lowest BCUT2D eigenvalue weighted by atomic mass is 10.2. The van der Waals surface area contributed by atoms with Crippen LogP contribution in [0.2, 0.25) is 0 Å². The maximum absolute atomic E-state index is 11.8. The Morgan fingerprint density at radius 3 is 3.00 bits per heavy atom. The first-order valence-electron chi connectivity index (χ1n) is 6.87. The van der Waals surface area contributed by atoms with E-state index in [1.54, 1.807) is 7.11 Å². The molecule has 0 radical (unpaired) electrons. The number of ether oxygens (including phenoxy) is 1. The normalized spacial score (nSPS) is 18.1. The van der Waals surface area contributed by atoms with Crippen molar-refractivity contribution in [3.8, 4) is 17.8 Å². The van der Waals surface area contributed by atoms with Gasteiger partial charge in [0, 0.05) is 19.4 Å². The van der Waals surface area contributed by atoms with Gasteiger partial charge in [-0.3, -0.25) is 4.79 Å². The highest BCUT2D eigenvalue weighted by molar-refractivity contribution is 5.79. The molecule has 0 aliphatic carbocycles. The number of nitrogens with zero attached hydrogens (tertiary/aromatic N) is 2. The van der Waals surface area contributed by atoms with Crippen LogP contribution in [0.15, 0.2) is 4.42 Å². The highest BCUT2D eigenvalue weighted by atomic mass is 16.6. The van der Waals surface area contributed by atoms with Crippen molar-refractivity contribution in [1.29, 1.82) is 0 Å². The van der Waals surface area contributed by atoms with Gasteiger partial charge >= 0.3 is 5.95 Å². The van der Waals surface area contributed by atoms with E-state index in [9.17, 15) is 4.79 Å². The molecule has 1 fully saturated rings. The Hall–Kier alpha value is -1.96. The van der Waals surface area contributed by atoms with Crippen LogP contribution in [0.4, 0.5) is 0 Å². The summed E-state index contributed by atoms with van der Waals surface area (Å²) in [6.45, 7) is 4.35. The summed E-state index contributed by atoms with van der Waals surface area (Å²) in [7, 11) is 1.56. The molecule has 0 N–H and O–H groups in total. The van der Waals surface area contributed by atoms with E-state index in [4.69, 9.17) is 9.15 Å². The fourth-order valence-electron chi connectivity index (χ4n) is 2.46. The molecule has 0 spiro atoms. The molecule has 2 rings (SSSR count). The van der Waals surface area contributed by atoms with Crippen LogP contribution < -0.4 is 4.74 Å². The van der Waals surface area contributed by atoms with Crippen molar-refractivity contribution in [3.63, 3.8) is 0 Å². The molecule has 1 saturated heterocycles. The molecule has 1 aliphatic heterocycles. The van der Waals surface area contributed by atoms with E-state index in [0.717, 1.165) is 18.5 Å². The number of rotatable bonds is 5. The fourth-order valence-corrected chi connectivity index (χ4v) is 2.46. The van der Waals surface area contributed by atoms with Gasteiger partial charge in [-0.2, -0.15) is 0 Å². The van der Waals surface area contributed by atoms with Crippen molar-refractivity contribution in [2.24, 2.45) is 0 Å². The van der Waals surface area contributed by atoms with E-state index in [1.165, 1.54) is 0 Å². The molecular formula is C15H20N2O3. The summed E-state index contributed by atoms with van der Waals surface area (Å²) in [5.41, 5.74) is 0.759. The van der Waals surface area contributed by atoms with E-state index in [1.807, 2.05) is 18.7 Å². The Morgan fingerprint density at radius 2 is 2.35 bits per heavy atom. The molecule has 0 unspecified atom stereocenters. The molecule has 1 aromatic rings. The predicted octanol–water partition coefficient (Wildman–Crippen LogP) is 1.94. The summed E-state index contributed by atoms with van der Waals surface area (Å²) in [4.78, 5) is 18.0. The number of methoxy groups -OCH3 is 1. The smallest absolute Gasteiger partial charge is 0.307 e. The van der Waals surface area contributed by atoms with Crippen LogP contribution in [-0.2, 0) is 11.2 Å². The number of amides is 1. The van der Waals surface area contributed by atoms with Gasteiger partial charge in [0.1, 0.15) is 5.69 Å². The molecule has 2 heterocycles. The zero-order valence-electron chi connectivity index (χ0n) is 12.2. The monoisotopic (exact) mass is 276 g/mol. The first-order chi connectivity index (χ1) is 9.65. The van der Waals surface area contributed by atoms with Crippen LogP contribution in [0.3, 0.4) is 0 Å². The Morgan fingerprint density at radius 1 is 1.55 bits per heavy atom. The molecule has 1 aliphatic rings. The molecule has 5 heteroatoms. The van der Waals surface area contributed by atoms with Crippen molar-refractivity contribution in [3.05, 3.63) is 11.6 Å². The Balaban J connectivity index is 1.87. The van der Waals surface area contributed by atoms with Crippen molar-refractivity contribution in [1.82, 2.24) is 9.88 Å². The van der Waals surface area contributed by atoms with Crippen LogP contribution in [0.1, 0.15) is 37.8 Å². The van der Waals surface area contributed by atoms with Gasteiger partial charge in [-0.1, -0.05) is 5.92 Å². The third kappa shape index (κ3) is 3.13. The van der Waals surface area contributed by atoms with Crippen LogP contribution in [0.5, 0.6) is 5.95 Å². The number of hydrogen-bond donors (Lipinski definition) is 0. The number of aryl methyl sites for hydroxylation is 2. The molecular weight excluding hydrogens is 256 g/mol. The van der Waals surface area contributed by atoms with E-state index in [2.05, 4.69) is 16.8 Å². The summed E-state index contributed by atoms with van der Waals surface area (Å²) in [5, 5.41) is 0. The fraction of sp³-hybridized carbons (Fsp3) is 0.600. The maximum atomic E-state index is 11.8. The van der Waals surface area contributed by atoms with Crippen molar-refractivity contribution in [2.45, 2.75) is 45.6 Å². The average molecular weight is 276 g/mol. The lowest BCUT2D eigenvalue weighted by molar-refractivity contribution is -0.128. The molecule has 1 aromatic heterocycles. The summed E-state index contributed by atoms with van der Waals surface area (Å²) in [5.74, 6) is 7.30. The van der Waals surface area contributed by atoms with Gasteiger partial charge in [-0.25, -0.2) is 4.98 Å². The van der Waals surface area contributed by atoms with Crippen LogP contribution in [-0.4, -0.2) is 35.5 Å². The number of likely N-dealkylation sites (tertiary alicyclic amines) is 1. The maximum Gasteiger partial charge on any atom is 0.307 e. The highest BCUT2D eigenvalue weighted by Crippen LogP contribution is 2.21. The van der Waals surface area contributed by atoms with Crippen molar-refractivity contribution in [2.75, 3.05) is 13.7 Å². The summed E-state index contributed by atoms with van der Waals surface area (Å²) in [6.07, 6.45) is 2.95. The lowest BCUT2D eigenvalue weighted by Crippen LogP contribution is -2.33. The quantitative estimate of drug-likeness (QED) is 0.771. The largest absolute Gasteiger partial charge is 0.467 e. The van der Waals surface area contributed by atoms with Gasteiger partial charge in [0.15, 0.2) is 5.89 Å². The number of carbonyl (C=O) groups excluding carboxylic acids is 1. The number of oxazole rings is 1. The Labute approximate surface area is 119 Å². The summed E-state index contributed by atoms with van der Waals surface area (Å²) >= 11 is 0. The van der Waals surface area contributed by atoms with Crippen molar-refractivity contribution < 1.29 is 13.9 Å². The second-order valence-electron chi connectivity index (χ2n) is 4.82. The van der Waals surface area contributed by atoms with Crippen LogP contribution in [0.25, 0.3) is 0 Å². The van der Waals surface area contributed by atoms with Crippen molar-refractivity contribution >= 4 is 5.91 Å². The zero-order chi connectivity index (χ0) is 14.5. The zero-order valence-corrected chi connectivity index (χ0v) is 12.2. The summed E-state index contributed by atoms with van der Waals surface area (Å²) < 4.78 is 10.5. The van der Waals surface area contributed by atoms with Gasteiger partial charge in [0.25, 0.3) is 0 Å². The molecule has 20 heavy (non-hydrogen) atoms. The molecule has 0 saturated carbocycles. The van der Waals surface area contributed by atoms with E-state index >= 15 is 0 Å². The molecule has 108 valence electrons. The highest BCUT2D eigenvalue weighted by Gasteiger charge is 2.28. The van der Waals surface area contributed by atoms with Gasteiger partial charge in [-0.15, -0.1) is 5.92 Å². The molecule has 5 nitrogen and oxygen atoms in total. The average Bonchev–Trinajstić information content (AvgIpc) is 2.95. The predicted molar refractivity (Wildman–Crippen MR) is 74.3 cm³/mol. The Kier molecular flexibility index (Phi) is 4.67. The van der Waals surface area contributed by atoms with Gasteiger partial charge in [-0.05, 0) is 26.7 Å². The number of carbonyl (C=O) groups is 1. The third-order valence-corrected chi connectivity index (χ3v) is 3.41. The molecule has 1 amide bonds. The SMILES string of the molecule is CC#C[C@H]1CCC(=O)N1CCCc1nc(C)c(OC)o1. The van der Waals surface area contributed by atoms with Gasteiger partial charge in [0.2, 0.25) is 5.91 Å². The molecule has 0 bridgehead atoms. The van der Waals surface area contributed by atoms with Crippen LogP contribution >= 0.6 is 0 Å².